The number of halogens is 2. The molecule has 0 spiro atoms. The third kappa shape index (κ3) is 7.27. The Labute approximate surface area is 175 Å². The molecule has 1 saturated heterocycles. The van der Waals surface area contributed by atoms with Crippen molar-refractivity contribution in [3.63, 3.8) is 0 Å². The highest BCUT2D eigenvalue weighted by Gasteiger charge is 2.31. The molecule has 2 atom stereocenters. The Hall–Kier alpha value is -1.10. The van der Waals surface area contributed by atoms with E-state index in [0.29, 0.717) is 5.92 Å². The molecule has 29 heavy (non-hydrogen) atoms. The highest BCUT2D eigenvalue weighted by molar-refractivity contribution is 5.24. The summed E-state index contributed by atoms with van der Waals surface area (Å²) in [6.07, 6.45) is 11.8. The highest BCUT2D eigenvalue weighted by Crippen LogP contribution is 2.39. The Balaban J connectivity index is 1.76. The molecule has 0 N–H and O–H groups in total. The first kappa shape index (κ1) is 24.2. The maximum absolute atomic E-state index is 14.3. The number of methoxy groups -OCH3 is 1. The summed E-state index contributed by atoms with van der Waals surface area (Å²) in [7, 11) is 1.32. The molecule has 0 aromatic carbocycles. The molecule has 2 rings (SSSR count). The second-order valence-electron chi connectivity index (χ2n) is 8.69. The van der Waals surface area contributed by atoms with E-state index in [0.717, 1.165) is 31.3 Å². The highest BCUT2D eigenvalue weighted by atomic mass is 19.2. The Morgan fingerprint density at radius 2 is 1.66 bits per heavy atom. The zero-order valence-electron chi connectivity index (χ0n) is 18.8. The van der Waals surface area contributed by atoms with E-state index in [-0.39, 0.29) is 30.6 Å². The van der Waals surface area contributed by atoms with Gasteiger partial charge in [0.25, 0.3) is 0 Å². The van der Waals surface area contributed by atoms with Gasteiger partial charge in [0.15, 0.2) is 11.7 Å². The molecule has 5 heteroatoms. The Morgan fingerprint density at radius 3 is 2.21 bits per heavy atom. The number of unbranched alkanes of at least 4 members (excludes halogenated alkanes) is 1. The summed E-state index contributed by atoms with van der Waals surface area (Å²) in [5.41, 5.74) is 0. The van der Waals surface area contributed by atoms with Crippen molar-refractivity contribution in [2.75, 3.05) is 20.3 Å². The first-order valence-electron chi connectivity index (χ1n) is 11.5. The maximum atomic E-state index is 14.3. The first-order chi connectivity index (χ1) is 14.0. The van der Waals surface area contributed by atoms with Crippen LogP contribution in [0.3, 0.4) is 0 Å². The summed E-state index contributed by atoms with van der Waals surface area (Å²) < 4.78 is 44.6. The number of allylic oxidation sites excluding steroid dienone is 4. The molecule has 0 radical (unpaired) electrons. The SMILES string of the molecule is CCCCC1CCC(C2CCC(CO/C(CC)=C(F)/C(F)=C(\C)OC)OC2)CC1. The van der Waals surface area contributed by atoms with Crippen molar-refractivity contribution in [1.29, 1.82) is 0 Å². The van der Waals surface area contributed by atoms with Gasteiger partial charge in [-0.05, 0) is 50.4 Å². The van der Waals surface area contributed by atoms with Crippen LogP contribution < -0.4 is 0 Å². The molecule has 2 fully saturated rings. The molecule has 0 aromatic rings. The molecule has 0 aromatic heterocycles. The third-order valence-corrected chi connectivity index (χ3v) is 6.75. The van der Waals surface area contributed by atoms with Crippen LogP contribution >= 0.6 is 0 Å². The molecule has 1 aliphatic heterocycles. The van der Waals surface area contributed by atoms with Crippen LogP contribution in [0.5, 0.6) is 0 Å². The minimum absolute atomic E-state index is 0.0232. The van der Waals surface area contributed by atoms with Crippen molar-refractivity contribution in [2.45, 2.75) is 91.1 Å². The third-order valence-electron chi connectivity index (χ3n) is 6.75. The molecule has 1 saturated carbocycles. The quantitative estimate of drug-likeness (QED) is 0.279. The van der Waals surface area contributed by atoms with Crippen molar-refractivity contribution in [3.05, 3.63) is 23.2 Å². The van der Waals surface area contributed by atoms with Crippen molar-refractivity contribution in [1.82, 2.24) is 0 Å². The first-order valence-corrected chi connectivity index (χ1v) is 11.5. The fraction of sp³-hybridized carbons (Fsp3) is 0.833. The average molecular weight is 415 g/mol. The fourth-order valence-corrected chi connectivity index (χ4v) is 4.65. The van der Waals surface area contributed by atoms with Crippen LogP contribution in [0, 0.1) is 17.8 Å². The van der Waals surface area contributed by atoms with E-state index in [2.05, 4.69) is 6.92 Å². The second kappa shape index (κ2) is 12.6. The van der Waals surface area contributed by atoms with Crippen molar-refractivity contribution in [2.24, 2.45) is 17.8 Å². The number of hydrogen-bond donors (Lipinski definition) is 0. The summed E-state index contributed by atoms with van der Waals surface area (Å²) in [6, 6.07) is 0. The molecule has 2 aliphatic rings. The second-order valence-corrected chi connectivity index (χ2v) is 8.69. The number of ether oxygens (including phenoxy) is 3. The molecule has 0 amide bonds. The Morgan fingerprint density at radius 1 is 0.966 bits per heavy atom. The number of rotatable bonds is 10. The number of hydrogen-bond acceptors (Lipinski definition) is 3. The summed E-state index contributed by atoms with van der Waals surface area (Å²) in [5, 5.41) is 0. The van der Waals surface area contributed by atoms with Crippen molar-refractivity contribution in [3.8, 4) is 0 Å². The van der Waals surface area contributed by atoms with Gasteiger partial charge >= 0.3 is 0 Å². The van der Waals surface area contributed by atoms with Gasteiger partial charge < -0.3 is 14.2 Å². The molecule has 168 valence electrons. The average Bonchev–Trinajstić information content (AvgIpc) is 2.77. The van der Waals surface area contributed by atoms with E-state index in [1.165, 1.54) is 59.0 Å². The Kier molecular flexibility index (Phi) is 10.5. The standard InChI is InChI=1S/C24H40F2O3/c1-5-7-8-18-9-11-19(12-10-18)20-13-14-21(28-15-20)16-29-22(6-2)24(26)23(25)17(3)27-4/h18-21H,5-16H2,1-4H3/b23-17-,24-22-. The van der Waals surface area contributed by atoms with Crippen LogP contribution in [0.1, 0.15) is 85.0 Å². The van der Waals surface area contributed by atoms with E-state index in [1.54, 1.807) is 6.92 Å². The van der Waals surface area contributed by atoms with Crippen LogP contribution in [-0.4, -0.2) is 26.4 Å². The zero-order chi connectivity index (χ0) is 21.2. The van der Waals surface area contributed by atoms with E-state index in [9.17, 15) is 8.78 Å². The lowest BCUT2D eigenvalue weighted by Crippen LogP contribution is -2.34. The largest absolute Gasteiger partial charge is 0.498 e. The van der Waals surface area contributed by atoms with Gasteiger partial charge in [0, 0.05) is 6.42 Å². The van der Waals surface area contributed by atoms with Crippen molar-refractivity contribution < 1.29 is 23.0 Å². The summed E-state index contributed by atoms with van der Waals surface area (Å²) >= 11 is 0. The van der Waals surface area contributed by atoms with Gasteiger partial charge in [-0.3, -0.25) is 0 Å². The minimum Gasteiger partial charge on any atom is -0.498 e. The van der Waals surface area contributed by atoms with Gasteiger partial charge in [0.2, 0.25) is 0 Å². The monoisotopic (exact) mass is 414 g/mol. The smallest absolute Gasteiger partial charge is 0.199 e. The van der Waals surface area contributed by atoms with Crippen LogP contribution in [0.25, 0.3) is 0 Å². The van der Waals surface area contributed by atoms with Gasteiger partial charge in [-0.1, -0.05) is 46.0 Å². The van der Waals surface area contributed by atoms with E-state index in [4.69, 9.17) is 14.2 Å². The van der Waals surface area contributed by atoms with Gasteiger partial charge in [-0.25, -0.2) is 0 Å². The summed E-state index contributed by atoms with van der Waals surface area (Å²) in [5.74, 6) is 0.329. The molecule has 2 unspecified atom stereocenters. The van der Waals surface area contributed by atoms with Crippen LogP contribution in [0.15, 0.2) is 23.2 Å². The van der Waals surface area contributed by atoms with Gasteiger partial charge in [0.1, 0.15) is 18.1 Å². The molecule has 3 nitrogen and oxygen atoms in total. The van der Waals surface area contributed by atoms with Crippen LogP contribution in [-0.2, 0) is 14.2 Å². The van der Waals surface area contributed by atoms with Gasteiger partial charge in [0.05, 0.1) is 19.8 Å². The van der Waals surface area contributed by atoms with Gasteiger partial charge in [-0.15, -0.1) is 0 Å². The van der Waals surface area contributed by atoms with Crippen LogP contribution in [0.2, 0.25) is 0 Å². The van der Waals surface area contributed by atoms with Gasteiger partial charge in [-0.2, -0.15) is 8.78 Å². The molecular formula is C24H40F2O3. The van der Waals surface area contributed by atoms with E-state index >= 15 is 0 Å². The fourth-order valence-electron chi connectivity index (χ4n) is 4.65. The zero-order valence-corrected chi connectivity index (χ0v) is 18.8. The lowest BCUT2D eigenvalue weighted by Gasteiger charge is -2.38. The molecule has 1 aliphatic carbocycles. The summed E-state index contributed by atoms with van der Waals surface area (Å²) in [6.45, 7) is 6.45. The molecule has 0 bridgehead atoms. The molecular weight excluding hydrogens is 374 g/mol. The Bertz CT molecular complexity index is 542. The minimum atomic E-state index is -0.997. The lowest BCUT2D eigenvalue weighted by atomic mass is 9.73. The topological polar surface area (TPSA) is 27.7 Å². The predicted octanol–water partition coefficient (Wildman–Crippen LogP) is 7.23. The predicted molar refractivity (Wildman–Crippen MR) is 113 cm³/mol. The van der Waals surface area contributed by atoms with E-state index in [1.807, 2.05) is 0 Å². The van der Waals surface area contributed by atoms with E-state index < -0.39 is 11.7 Å². The van der Waals surface area contributed by atoms with Crippen LogP contribution in [0.4, 0.5) is 8.78 Å². The maximum Gasteiger partial charge on any atom is 0.199 e. The summed E-state index contributed by atoms with van der Waals surface area (Å²) in [4.78, 5) is 0. The normalized spacial score (nSPS) is 29.7. The van der Waals surface area contributed by atoms with Crippen molar-refractivity contribution >= 4 is 0 Å². The lowest BCUT2D eigenvalue weighted by molar-refractivity contribution is -0.0666. The molecule has 1 heterocycles.